The number of ether oxygens (including phenoxy) is 1. The van der Waals surface area contributed by atoms with E-state index in [1.807, 2.05) is 6.92 Å². The highest BCUT2D eigenvalue weighted by molar-refractivity contribution is 6.30. The van der Waals surface area contributed by atoms with Gasteiger partial charge < -0.3 is 9.84 Å². The van der Waals surface area contributed by atoms with E-state index in [0.717, 1.165) is 11.1 Å². The van der Waals surface area contributed by atoms with Gasteiger partial charge in [-0.1, -0.05) is 11.6 Å². The highest BCUT2D eigenvalue weighted by atomic mass is 35.5. The lowest BCUT2D eigenvalue weighted by molar-refractivity contribution is -0.0451. The zero-order chi connectivity index (χ0) is 11.7. The van der Waals surface area contributed by atoms with Crippen molar-refractivity contribution in [2.75, 3.05) is 6.61 Å². The highest BCUT2D eigenvalue weighted by Crippen LogP contribution is 2.32. The number of rotatable bonds is 1. The van der Waals surface area contributed by atoms with Crippen molar-refractivity contribution in [1.29, 1.82) is 0 Å². The number of hydrogen-bond donors (Lipinski definition) is 1. The molecule has 0 spiro atoms. The first-order valence-electron chi connectivity index (χ1n) is 5.33. The molecule has 0 aliphatic carbocycles. The fourth-order valence-corrected chi connectivity index (χ4v) is 2.22. The fourth-order valence-electron chi connectivity index (χ4n) is 2.00. The van der Waals surface area contributed by atoms with E-state index in [1.165, 1.54) is 6.07 Å². The van der Waals surface area contributed by atoms with E-state index in [4.69, 9.17) is 16.3 Å². The molecule has 0 amide bonds. The first-order valence-corrected chi connectivity index (χ1v) is 5.71. The lowest BCUT2D eigenvalue weighted by Gasteiger charge is -2.28. The van der Waals surface area contributed by atoms with Crippen molar-refractivity contribution < 1.29 is 14.2 Å². The zero-order valence-corrected chi connectivity index (χ0v) is 9.80. The van der Waals surface area contributed by atoms with Crippen molar-refractivity contribution in [2.45, 2.75) is 32.0 Å². The van der Waals surface area contributed by atoms with Gasteiger partial charge in [0.05, 0.1) is 17.2 Å². The minimum atomic E-state index is -0.439. The van der Waals surface area contributed by atoms with Crippen LogP contribution in [0.3, 0.4) is 0 Å². The van der Waals surface area contributed by atoms with Crippen molar-refractivity contribution in [3.8, 4) is 0 Å². The first-order chi connectivity index (χ1) is 7.58. The molecule has 0 radical (unpaired) electrons. The Morgan fingerprint density at radius 3 is 2.94 bits per heavy atom. The minimum absolute atomic E-state index is 0.123. The molecule has 0 aromatic heterocycles. The summed E-state index contributed by atoms with van der Waals surface area (Å²) >= 11 is 5.69. The van der Waals surface area contributed by atoms with E-state index >= 15 is 0 Å². The van der Waals surface area contributed by atoms with Crippen molar-refractivity contribution in [3.63, 3.8) is 0 Å². The Bertz CT molecular complexity index is 395. The van der Waals surface area contributed by atoms with Crippen LogP contribution in [0.4, 0.5) is 4.39 Å². The highest BCUT2D eigenvalue weighted by Gasteiger charge is 2.24. The van der Waals surface area contributed by atoms with Gasteiger partial charge in [0, 0.05) is 13.0 Å². The molecule has 1 N–H and O–H groups in total. The van der Waals surface area contributed by atoms with E-state index < -0.39 is 5.82 Å². The Morgan fingerprint density at radius 2 is 2.25 bits per heavy atom. The molecular weight excluding hydrogens is 231 g/mol. The number of aliphatic hydroxyl groups excluding tert-OH is 1. The summed E-state index contributed by atoms with van der Waals surface area (Å²) in [6.45, 7) is 2.38. The van der Waals surface area contributed by atoms with Gasteiger partial charge in [0.15, 0.2) is 0 Å². The first kappa shape index (κ1) is 11.8. The smallest absolute Gasteiger partial charge is 0.142 e. The molecule has 1 aromatic rings. The van der Waals surface area contributed by atoms with E-state index in [1.54, 1.807) is 6.07 Å². The molecule has 1 aliphatic rings. The fraction of sp³-hybridized carbons (Fsp3) is 0.500. The van der Waals surface area contributed by atoms with E-state index in [2.05, 4.69) is 0 Å². The predicted octanol–water partition coefficient (Wildman–Crippen LogP) is 3.00. The molecule has 1 fully saturated rings. The topological polar surface area (TPSA) is 29.5 Å². The van der Waals surface area contributed by atoms with Gasteiger partial charge in [0.2, 0.25) is 0 Å². The maximum atomic E-state index is 13.4. The number of aliphatic hydroxyl groups is 1. The van der Waals surface area contributed by atoms with Gasteiger partial charge in [-0.2, -0.15) is 0 Å². The lowest BCUT2D eigenvalue weighted by Crippen LogP contribution is -2.24. The average molecular weight is 245 g/mol. The van der Waals surface area contributed by atoms with Crippen LogP contribution in [0.5, 0.6) is 0 Å². The van der Waals surface area contributed by atoms with Crippen LogP contribution in [0.25, 0.3) is 0 Å². The molecule has 4 heteroatoms. The monoisotopic (exact) mass is 244 g/mol. The normalized spacial score (nSPS) is 25.8. The van der Waals surface area contributed by atoms with Crippen molar-refractivity contribution >= 4 is 11.6 Å². The predicted molar refractivity (Wildman–Crippen MR) is 60.1 cm³/mol. The molecule has 2 atom stereocenters. The molecule has 1 saturated heterocycles. The molecule has 2 rings (SSSR count). The van der Waals surface area contributed by atoms with Crippen molar-refractivity contribution in [2.24, 2.45) is 0 Å². The Hall–Kier alpha value is -0.640. The third-order valence-corrected chi connectivity index (χ3v) is 3.20. The summed E-state index contributed by atoms with van der Waals surface area (Å²) in [5.41, 5.74) is 1.67. The maximum Gasteiger partial charge on any atom is 0.142 e. The quantitative estimate of drug-likeness (QED) is 0.823. The molecule has 16 heavy (non-hydrogen) atoms. The van der Waals surface area contributed by atoms with Crippen LogP contribution in [0.2, 0.25) is 5.02 Å². The summed E-state index contributed by atoms with van der Waals surface area (Å²) in [5, 5.41) is 9.68. The van der Waals surface area contributed by atoms with Gasteiger partial charge >= 0.3 is 0 Å². The third kappa shape index (κ3) is 2.37. The van der Waals surface area contributed by atoms with Gasteiger partial charge in [-0.15, -0.1) is 0 Å². The summed E-state index contributed by atoms with van der Waals surface area (Å²) in [4.78, 5) is 0. The van der Waals surface area contributed by atoms with Crippen LogP contribution in [-0.2, 0) is 4.74 Å². The van der Waals surface area contributed by atoms with Crippen LogP contribution in [0, 0.1) is 12.7 Å². The Balaban J connectivity index is 2.29. The van der Waals surface area contributed by atoms with Gasteiger partial charge in [-0.25, -0.2) is 4.39 Å². The molecule has 88 valence electrons. The molecule has 1 aliphatic heterocycles. The van der Waals surface area contributed by atoms with Crippen LogP contribution >= 0.6 is 11.6 Å². The number of halogens is 2. The summed E-state index contributed by atoms with van der Waals surface area (Å²) in [6, 6.07) is 3.00. The number of benzene rings is 1. The summed E-state index contributed by atoms with van der Waals surface area (Å²) in [5.74, 6) is -0.439. The van der Waals surface area contributed by atoms with Crippen LogP contribution in [0.15, 0.2) is 12.1 Å². The zero-order valence-electron chi connectivity index (χ0n) is 9.04. The Kier molecular flexibility index (Phi) is 3.47. The summed E-state index contributed by atoms with van der Waals surface area (Å²) in [6.07, 6.45) is 0.570. The second-order valence-electron chi connectivity index (χ2n) is 4.16. The standard InChI is InChI=1S/C12H14ClFO2/c1-7-4-10(13)11(14)6-9(7)12-5-8(15)2-3-16-12/h4,6,8,12,15H,2-3,5H2,1H3. The van der Waals surface area contributed by atoms with Crippen molar-refractivity contribution in [3.05, 3.63) is 34.1 Å². The average Bonchev–Trinajstić information content (AvgIpc) is 2.23. The molecule has 1 aromatic carbocycles. The lowest BCUT2D eigenvalue weighted by atomic mass is 9.96. The van der Waals surface area contributed by atoms with Crippen molar-refractivity contribution in [1.82, 2.24) is 0 Å². The second kappa shape index (κ2) is 4.70. The van der Waals surface area contributed by atoms with Gasteiger partial charge in [0.25, 0.3) is 0 Å². The van der Waals surface area contributed by atoms with Gasteiger partial charge in [0.1, 0.15) is 5.82 Å². The van der Waals surface area contributed by atoms with Crippen LogP contribution in [0.1, 0.15) is 30.1 Å². The molecule has 0 bridgehead atoms. The van der Waals surface area contributed by atoms with Crippen LogP contribution < -0.4 is 0 Å². The van der Waals surface area contributed by atoms with E-state index in [-0.39, 0.29) is 17.2 Å². The van der Waals surface area contributed by atoms with E-state index in [9.17, 15) is 9.50 Å². The second-order valence-corrected chi connectivity index (χ2v) is 4.57. The molecule has 1 heterocycles. The van der Waals surface area contributed by atoms with Gasteiger partial charge in [-0.3, -0.25) is 0 Å². The molecule has 2 unspecified atom stereocenters. The Morgan fingerprint density at radius 1 is 1.50 bits per heavy atom. The van der Waals surface area contributed by atoms with Gasteiger partial charge in [-0.05, 0) is 36.6 Å². The number of aryl methyl sites for hydroxylation is 1. The molecule has 2 nitrogen and oxygen atoms in total. The minimum Gasteiger partial charge on any atom is -0.393 e. The molecular formula is C12H14ClFO2. The summed E-state index contributed by atoms with van der Waals surface area (Å²) in [7, 11) is 0. The SMILES string of the molecule is Cc1cc(Cl)c(F)cc1C1CC(O)CCO1. The third-order valence-electron chi connectivity index (χ3n) is 2.91. The van der Waals surface area contributed by atoms with Crippen LogP contribution in [-0.4, -0.2) is 17.8 Å². The maximum absolute atomic E-state index is 13.4. The summed E-state index contributed by atoms with van der Waals surface area (Å²) < 4.78 is 18.9. The van der Waals surface area contributed by atoms with E-state index in [0.29, 0.717) is 19.4 Å². The Labute approximate surface area is 99.0 Å². The number of hydrogen-bond acceptors (Lipinski definition) is 2. The molecule has 0 saturated carbocycles. The largest absolute Gasteiger partial charge is 0.393 e.